The number of likely N-dealkylation sites (tertiary alicyclic amines) is 1. The zero-order valence-electron chi connectivity index (χ0n) is 20.1. The number of carbonyl (C=O) groups excluding carboxylic acids is 2. The summed E-state index contributed by atoms with van der Waals surface area (Å²) in [6.45, 7) is 4.92. The maximum absolute atomic E-state index is 12.5. The molecule has 0 aliphatic carbocycles. The first-order valence-electron chi connectivity index (χ1n) is 11.9. The van der Waals surface area contributed by atoms with Gasteiger partial charge in [-0.2, -0.15) is 0 Å². The van der Waals surface area contributed by atoms with Gasteiger partial charge in [0.15, 0.2) is 0 Å². The number of pyridine rings is 1. The van der Waals surface area contributed by atoms with Crippen molar-refractivity contribution in [3.05, 3.63) is 60.3 Å². The van der Waals surface area contributed by atoms with Crippen LogP contribution in [0.2, 0.25) is 0 Å². The van der Waals surface area contributed by atoms with Crippen LogP contribution in [0.4, 0.5) is 21.0 Å². The van der Waals surface area contributed by atoms with Crippen LogP contribution in [0.15, 0.2) is 54.6 Å². The smallest absolute Gasteiger partial charge is 0.319 e. The Kier molecular flexibility index (Phi) is 7.99. The van der Waals surface area contributed by atoms with E-state index in [0.29, 0.717) is 18.0 Å². The SMILES string of the molecule is COc1ccccc1NC(=O)NC1CCN(CCNC(=O)Nc2cc(C)nc3ccccc23)CC1. The van der Waals surface area contributed by atoms with Crippen LogP contribution >= 0.6 is 0 Å². The van der Waals surface area contributed by atoms with E-state index in [-0.39, 0.29) is 18.1 Å². The Morgan fingerprint density at radius 1 is 1.00 bits per heavy atom. The molecule has 0 saturated carbocycles. The average molecular weight is 477 g/mol. The highest BCUT2D eigenvalue weighted by Gasteiger charge is 2.21. The number of fused-ring (bicyclic) bond motifs is 1. The molecule has 4 N–H and O–H groups in total. The van der Waals surface area contributed by atoms with E-state index in [0.717, 1.165) is 54.8 Å². The lowest BCUT2D eigenvalue weighted by atomic mass is 10.1. The van der Waals surface area contributed by atoms with Gasteiger partial charge in [-0.05, 0) is 44.0 Å². The summed E-state index contributed by atoms with van der Waals surface area (Å²) in [6.07, 6.45) is 1.71. The molecule has 1 aliphatic heterocycles. The topological polar surface area (TPSA) is 108 Å². The second-order valence-electron chi connectivity index (χ2n) is 8.62. The summed E-state index contributed by atoms with van der Waals surface area (Å²) >= 11 is 0. The number of anilines is 2. The van der Waals surface area contributed by atoms with Gasteiger partial charge in [-0.3, -0.25) is 4.98 Å². The van der Waals surface area contributed by atoms with Crippen molar-refractivity contribution in [2.24, 2.45) is 0 Å². The molecule has 0 spiro atoms. The minimum atomic E-state index is -0.231. The first-order chi connectivity index (χ1) is 17.0. The van der Waals surface area contributed by atoms with Crippen LogP contribution < -0.4 is 26.0 Å². The Morgan fingerprint density at radius 2 is 1.71 bits per heavy atom. The third-order valence-corrected chi connectivity index (χ3v) is 6.08. The van der Waals surface area contributed by atoms with Gasteiger partial charge in [0.25, 0.3) is 0 Å². The second kappa shape index (κ2) is 11.5. The number of methoxy groups -OCH3 is 1. The number of piperidine rings is 1. The van der Waals surface area contributed by atoms with Gasteiger partial charge in [-0.1, -0.05) is 30.3 Å². The number of hydrogen-bond donors (Lipinski definition) is 4. The van der Waals surface area contributed by atoms with E-state index >= 15 is 0 Å². The number of ether oxygens (including phenoxy) is 1. The second-order valence-corrected chi connectivity index (χ2v) is 8.62. The van der Waals surface area contributed by atoms with Crippen LogP contribution in [0.5, 0.6) is 5.75 Å². The molecule has 3 aromatic rings. The first kappa shape index (κ1) is 24.3. The van der Waals surface area contributed by atoms with Crippen molar-refractivity contribution in [1.82, 2.24) is 20.5 Å². The molecule has 9 heteroatoms. The number of aryl methyl sites for hydroxylation is 1. The van der Waals surface area contributed by atoms with E-state index in [4.69, 9.17) is 4.74 Å². The summed E-state index contributed by atoms with van der Waals surface area (Å²) in [6, 6.07) is 16.6. The van der Waals surface area contributed by atoms with Gasteiger partial charge < -0.3 is 30.9 Å². The quantitative estimate of drug-likeness (QED) is 0.413. The summed E-state index contributed by atoms with van der Waals surface area (Å²) in [7, 11) is 1.58. The number of rotatable bonds is 7. The lowest BCUT2D eigenvalue weighted by molar-refractivity contribution is 0.196. The molecule has 35 heavy (non-hydrogen) atoms. The van der Waals surface area contributed by atoms with E-state index in [1.165, 1.54) is 0 Å². The summed E-state index contributed by atoms with van der Waals surface area (Å²) in [5.74, 6) is 0.626. The van der Waals surface area contributed by atoms with Crippen molar-refractivity contribution in [3.63, 3.8) is 0 Å². The Balaban J connectivity index is 1.17. The van der Waals surface area contributed by atoms with E-state index in [2.05, 4.69) is 31.2 Å². The fraction of sp³-hybridized carbons (Fsp3) is 0.346. The van der Waals surface area contributed by atoms with Crippen LogP contribution in [-0.4, -0.2) is 61.3 Å². The van der Waals surface area contributed by atoms with Gasteiger partial charge in [0.05, 0.1) is 24.0 Å². The van der Waals surface area contributed by atoms with Crippen molar-refractivity contribution in [2.75, 3.05) is 43.9 Å². The van der Waals surface area contributed by atoms with Gasteiger partial charge in [0.1, 0.15) is 5.75 Å². The highest BCUT2D eigenvalue weighted by atomic mass is 16.5. The molecule has 0 unspecified atom stereocenters. The number of carbonyl (C=O) groups is 2. The minimum Gasteiger partial charge on any atom is -0.495 e. The zero-order valence-corrected chi connectivity index (χ0v) is 20.1. The molecule has 2 aromatic carbocycles. The lowest BCUT2D eigenvalue weighted by Crippen LogP contribution is -2.47. The Hall–Kier alpha value is -3.85. The van der Waals surface area contributed by atoms with E-state index in [1.807, 2.05) is 61.5 Å². The Bertz CT molecular complexity index is 1180. The number of nitrogens with zero attached hydrogens (tertiary/aromatic N) is 2. The molecule has 4 rings (SSSR count). The number of nitrogens with one attached hydrogen (secondary N) is 4. The molecule has 0 atom stereocenters. The highest BCUT2D eigenvalue weighted by molar-refractivity contribution is 6.00. The fourth-order valence-corrected chi connectivity index (χ4v) is 4.30. The summed E-state index contributed by atoms with van der Waals surface area (Å²) in [5, 5.41) is 12.7. The Morgan fingerprint density at radius 3 is 2.51 bits per heavy atom. The predicted octanol–water partition coefficient (Wildman–Crippen LogP) is 3.96. The number of para-hydroxylation sites is 3. The van der Waals surface area contributed by atoms with Gasteiger partial charge in [0.2, 0.25) is 0 Å². The van der Waals surface area contributed by atoms with Gasteiger partial charge in [-0.25, -0.2) is 9.59 Å². The molecular weight excluding hydrogens is 444 g/mol. The first-order valence-corrected chi connectivity index (χ1v) is 11.9. The summed E-state index contributed by atoms with van der Waals surface area (Å²) in [5.41, 5.74) is 3.11. The van der Waals surface area contributed by atoms with E-state index in [9.17, 15) is 9.59 Å². The summed E-state index contributed by atoms with van der Waals surface area (Å²) in [4.78, 5) is 31.6. The number of aromatic nitrogens is 1. The van der Waals surface area contributed by atoms with E-state index in [1.54, 1.807) is 7.11 Å². The molecular formula is C26H32N6O3. The van der Waals surface area contributed by atoms with Crippen LogP contribution in [0.25, 0.3) is 10.9 Å². The van der Waals surface area contributed by atoms with Crippen LogP contribution in [0.3, 0.4) is 0 Å². The normalized spacial score (nSPS) is 14.3. The van der Waals surface area contributed by atoms with Gasteiger partial charge >= 0.3 is 12.1 Å². The van der Waals surface area contributed by atoms with Crippen molar-refractivity contribution >= 4 is 34.3 Å². The van der Waals surface area contributed by atoms with Gasteiger partial charge in [0, 0.05) is 43.3 Å². The maximum Gasteiger partial charge on any atom is 0.319 e. The van der Waals surface area contributed by atoms with Crippen molar-refractivity contribution < 1.29 is 14.3 Å². The number of benzene rings is 2. The van der Waals surface area contributed by atoms with E-state index < -0.39 is 0 Å². The van der Waals surface area contributed by atoms with Crippen molar-refractivity contribution in [3.8, 4) is 5.75 Å². The van der Waals surface area contributed by atoms with Crippen molar-refractivity contribution in [2.45, 2.75) is 25.8 Å². The molecule has 9 nitrogen and oxygen atoms in total. The third kappa shape index (κ3) is 6.60. The molecule has 184 valence electrons. The molecule has 0 radical (unpaired) electrons. The number of hydrogen-bond acceptors (Lipinski definition) is 5. The van der Waals surface area contributed by atoms with Crippen LogP contribution in [0.1, 0.15) is 18.5 Å². The Labute approximate surface area is 205 Å². The average Bonchev–Trinajstić information content (AvgIpc) is 2.85. The highest BCUT2D eigenvalue weighted by Crippen LogP contribution is 2.24. The predicted molar refractivity (Wildman–Crippen MR) is 138 cm³/mol. The van der Waals surface area contributed by atoms with Crippen LogP contribution in [0, 0.1) is 6.92 Å². The lowest BCUT2D eigenvalue weighted by Gasteiger charge is -2.32. The molecule has 0 bridgehead atoms. The largest absolute Gasteiger partial charge is 0.495 e. The molecule has 2 heterocycles. The standard InChI is InChI=1S/C26H32N6O3/c1-18-17-23(20-7-3-4-8-21(20)28-18)31-25(33)27-13-16-32-14-11-19(12-15-32)29-26(34)30-22-9-5-6-10-24(22)35-2/h3-10,17,19H,11-16H2,1-2H3,(H2,29,30,34)(H2,27,28,31,33). The number of urea groups is 2. The summed E-state index contributed by atoms with van der Waals surface area (Å²) < 4.78 is 5.28. The third-order valence-electron chi connectivity index (χ3n) is 6.08. The van der Waals surface area contributed by atoms with Gasteiger partial charge in [-0.15, -0.1) is 0 Å². The number of amides is 4. The monoisotopic (exact) mass is 476 g/mol. The van der Waals surface area contributed by atoms with Crippen molar-refractivity contribution in [1.29, 1.82) is 0 Å². The molecule has 1 aliphatic rings. The molecule has 1 aromatic heterocycles. The molecule has 1 saturated heterocycles. The minimum absolute atomic E-state index is 0.112. The molecule has 1 fully saturated rings. The fourth-order valence-electron chi connectivity index (χ4n) is 4.30. The zero-order chi connectivity index (χ0) is 24.6. The molecule has 4 amide bonds. The maximum atomic E-state index is 12.5. The van der Waals surface area contributed by atoms with Crippen LogP contribution in [-0.2, 0) is 0 Å².